The standard InChI is InChI=1S/C21H19FN4O4/c1-3-29-19-11-14(12-23-26-20(27)17-10-13(2)24-25-17)4-9-18(19)30-21(28)15-5-7-16(22)8-6-15/h4-12H,3H2,1-2H3,(H,24,25)(H,26,27)/b23-12-. The van der Waals surface area contributed by atoms with Crippen molar-refractivity contribution < 1.29 is 23.5 Å². The Morgan fingerprint density at radius 3 is 2.60 bits per heavy atom. The fourth-order valence-electron chi connectivity index (χ4n) is 2.46. The van der Waals surface area contributed by atoms with Crippen molar-refractivity contribution in [2.75, 3.05) is 6.61 Å². The van der Waals surface area contributed by atoms with E-state index in [1.165, 1.54) is 30.5 Å². The third-order valence-corrected chi connectivity index (χ3v) is 3.87. The van der Waals surface area contributed by atoms with E-state index in [-0.39, 0.29) is 17.0 Å². The number of carbonyl (C=O) groups excluding carboxylic acids is 2. The highest BCUT2D eigenvalue weighted by atomic mass is 19.1. The number of carbonyl (C=O) groups is 2. The summed E-state index contributed by atoms with van der Waals surface area (Å²) in [6, 6.07) is 11.4. The predicted molar refractivity (Wildman–Crippen MR) is 107 cm³/mol. The van der Waals surface area contributed by atoms with Crippen LogP contribution in [0.15, 0.2) is 53.6 Å². The molecule has 0 unspecified atom stereocenters. The van der Waals surface area contributed by atoms with Gasteiger partial charge < -0.3 is 9.47 Å². The number of hydrazone groups is 1. The molecule has 0 aliphatic rings. The predicted octanol–water partition coefficient (Wildman–Crippen LogP) is 3.24. The summed E-state index contributed by atoms with van der Waals surface area (Å²) in [7, 11) is 0. The summed E-state index contributed by atoms with van der Waals surface area (Å²) in [6.07, 6.45) is 1.42. The molecule has 9 heteroatoms. The molecule has 0 saturated carbocycles. The Morgan fingerprint density at radius 1 is 1.17 bits per heavy atom. The lowest BCUT2D eigenvalue weighted by molar-refractivity contribution is 0.0728. The third kappa shape index (κ3) is 5.28. The molecule has 0 aliphatic carbocycles. The Bertz CT molecular complexity index is 1080. The number of aryl methyl sites for hydroxylation is 1. The molecule has 0 saturated heterocycles. The van der Waals surface area contributed by atoms with Crippen molar-refractivity contribution >= 4 is 18.1 Å². The highest BCUT2D eigenvalue weighted by molar-refractivity contribution is 5.93. The molecule has 2 N–H and O–H groups in total. The van der Waals surface area contributed by atoms with Crippen LogP contribution in [0.1, 0.15) is 39.0 Å². The van der Waals surface area contributed by atoms with Gasteiger partial charge in [-0.15, -0.1) is 0 Å². The lowest BCUT2D eigenvalue weighted by atomic mass is 10.2. The quantitative estimate of drug-likeness (QED) is 0.269. The van der Waals surface area contributed by atoms with Gasteiger partial charge in [-0.25, -0.2) is 14.6 Å². The highest BCUT2D eigenvalue weighted by Gasteiger charge is 2.13. The molecule has 0 atom stereocenters. The molecule has 2 aromatic carbocycles. The Kier molecular flexibility index (Phi) is 6.53. The van der Waals surface area contributed by atoms with Gasteiger partial charge in [0.05, 0.1) is 18.4 Å². The fraction of sp³-hybridized carbons (Fsp3) is 0.143. The molecular weight excluding hydrogens is 391 g/mol. The summed E-state index contributed by atoms with van der Waals surface area (Å²) in [4.78, 5) is 24.2. The molecule has 1 amide bonds. The smallest absolute Gasteiger partial charge is 0.343 e. The van der Waals surface area contributed by atoms with E-state index in [1.54, 1.807) is 38.1 Å². The SMILES string of the molecule is CCOc1cc(/C=N\NC(=O)c2cc(C)[nH]n2)ccc1OC(=O)c1ccc(F)cc1. The van der Waals surface area contributed by atoms with Gasteiger partial charge in [0.25, 0.3) is 5.91 Å². The van der Waals surface area contributed by atoms with E-state index in [0.29, 0.717) is 17.9 Å². The molecule has 0 radical (unpaired) electrons. The van der Waals surface area contributed by atoms with Crippen LogP contribution in [0, 0.1) is 12.7 Å². The van der Waals surface area contributed by atoms with Crippen LogP contribution in [-0.4, -0.2) is 34.9 Å². The lowest BCUT2D eigenvalue weighted by Crippen LogP contribution is -2.18. The van der Waals surface area contributed by atoms with Gasteiger partial charge in [0.15, 0.2) is 17.2 Å². The number of esters is 1. The number of H-pyrrole nitrogens is 1. The van der Waals surface area contributed by atoms with Crippen molar-refractivity contribution in [2.45, 2.75) is 13.8 Å². The minimum atomic E-state index is -0.640. The topological polar surface area (TPSA) is 106 Å². The van der Waals surface area contributed by atoms with Crippen LogP contribution >= 0.6 is 0 Å². The first-order valence-electron chi connectivity index (χ1n) is 9.06. The second kappa shape index (κ2) is 9.46. The number of hydrogen-bond donors (Lipinski definition) is 2. The van der Waals surface area contributed by atoms with E-state index in [0.717, 1.165) is 5.69 Å². The van der Waals surface area contributed by atoms with Gasteiger partial charge in [0.2, 0.25) is 0 Å². The van der Waals surface area contributed by atoms with Crippen LogP contribution in [0.5, 0.6) is 11.5 Å². The Labute approximate surface area is 171 Å². The van der Waals surface area contributed by atoms with Crippen molar-refractivity contribution in [3.05, 3.63) is 76.9 Å². The number of aromatic nitrogens is 2. The molecule has 3 aromatic rings. The molecule has 3 rings (SSSR count). The van der Waals surface area contributed by atoms with Crippen molar-refractivity contribution in [1.82, 2.24) is 15.6 Å². The molecular formula is C21H19FN4O4. The van der Waals surface area contributed by atoms with E-state index < -0.39 is 17.7 Å². The Balaban J connectivity index is 1.70. The average molecular weight is 410 g/mol. The molecule has 1 aromatic heterocycles. The number of hydrogen-bond acceptors (Lipinski definition) is 6. The van der Waals surface area contributed by atoms with Crippen LogP contribution < -0.4 is 14.9 Å². The number of nitrogens with zero attached hydrogens (tertiary/aromatic N) is 2. The maximum atomic E-state index is 13.0. The van der Waals surface area contributed by atoms with Gasteiger partial charge in [0.1, 0.15) is 5.82 Å². The maximum absolute atomic E-state index is 13.0. The first kappa shape index (κ1) is 20.7. The van der Waals surface area contributed by atoms with Gasteiger partial charge in [-0.1, -0.05) is 0 Å². The van der Waals surface area contributed by atoms with Crippen molar-refractivity contribution in [1.29, 1.82) is 0 Å². The number of aromatic amines is 1. The van der Waals surface area contributed by atoms with Crippen molar-refractivity contribution in [3.63, 3.8) is 0 Å². The zero-order chi connectivity index (χ0) is 21.5. The van der Waals surface area contributed by atoms with E-state index in [1.807, 2.05) is 0 Å². The van der Waals surface area contributed by atoms with Gasteiger partial charge >= 0.3 is 5.97 Å². The highest BCUT2D eigenvalue weighted by Crippen LogP contribution is 2.29. The van der Waals surface area contributed by atoms with Gasteiger partial charge in [-0.3, -0.25) is 9.89 Å². The molecule has 0 spiro atoms. The summed E-state index contributed by atoms with van der Waals surface area (Å²) in [5, 5.41) is 10.4. The van der Waals surface area contributed by atoms with Gasteiger partial charge in [0, 0.05) is 5.69 Å². The van der Waals surface area contributed by atoms with Gasteiger partial charge in [-0.2, -0.15) is 10.2 Å². The van der Waals surface area contributed by atoms with Gasteiger partial charge in [-0.05, 0) is 67.9 Å². The zero-order valence-electron chi connectivity index (χ0n) is 16.3. The second-order valence-corrected chi connectivity index (χ2v) is 6.17. The molecule has 1 heterocycles. The molecule has 8 nitrogen and oxygen atoms in total. The van der Waals surface area contributed by atoms with E-state index in [9.17, 15) is 14.0 Å². The van der Waals surface area contributed by atoms with E-state index in [2.05, 4.69) is 20.7 Å². The molecule has 0 fully saturated rings. The van der Waals surface area contributed by atoms with Crippen LogP contribution in [0.25, 0.3) is 0 Å². The molecule has 30 heavy (non-hydrogen) atoms. The van der Waals surface area contributed by atoms with Crippen LogP contribution in [0.3, 0.4) is 0 Å². The van der Waals surface area contributed by atoms with Crippen molar-refractivity contribution in [2.24, 2.45) is 5.10 Å². The van der Waals surface area contributed by atoms with Crippen LogP contribution in [0.2, 0.25) is 0 Å². The number of nitrogens with one attached hydrogen (secondary N) is 2. The van der Waals surface area contributed by atoms with Crippen molar-refractivity contribution in [3.8, 4) is 11.5 Å². The average Bonchev–Trinajstić information content (AvgIpc) is 3.17. The lowest BCUT2D eigenvalue weighted by Gasteiger charge is -2.11. The first-order chi connectivity index (χ1) is 14.5. The molecule has 0 bridgehead atoms. The second-order valence-electron chi connectivity index (χ2n) is 6.17. The Hall–Kier alpha value is -4.01. The summed E-state index contributed by atoms with van der Waals surface area (Å²) in [6.45, 7) is 3.92. The van der Waals surface area contributed by atoms with E-state index in [4.69, 9.17) is 9.47 Å². The molecule has 0 aliphatic heterocycles. The molecule has 154 valence electrons. The summed E-state index contributed by atoms with van der Waals surface area (Å²) in [5.74, 6) is -1.00. The van der Waals surface area contributed by atoms with Crippen LogP contribution in [-0.2, 0) is 0 Å². The maximum Gasteiger partial charge on any atom is 0.343 e. The number of halogens is 1. The summed E-state index contributed by atoms with van der Waals surface area (Å²) in [5.41, 5.74) is 4.18. The number of rotatable bonds is 7. The third-order valence-electron chi connectivity index (χ3n) is 3.87. The number of amides is 1. The monoisotopic (exact) mass is 410 g/mol. The number of ether oxygens (including phenoxy) is 2. The minimum absolute atomic E-state index is 0.208. The first-order valence-corrected chi connectivity index (χ1v) is 9.06. The number of benzene rings is 2. The van der Waals surface area contributed by atoms with E-state index >= 15 is 0 Å². The fourth-order valence-corrected chi connectivity index (χ4v) is 2.46. The zero-order valence-corrected chi connectivity index (χ0v) is 16.3. The summed E-state index contributed by atoms with van der Waals surface area (Å²) < 4.78 is 23.9. The minimum Gasteiger partial charge on any atom is -0.490 e. The summed E-state index contributed by atoms with van der Waals surface area (Å²) >= 11 is 0. The largest absolute Gasteiger partial charge is 0.490 e. The normalized spacial score (nSPS) is 10.8. The van der Waals surface area contributed by atoms with Crippen LogP contribution in [0.4, 0.5) is 4.39 Å². The Morgan fingerprint density at radius 2 is 1.93 bits per heavy atom.